The molecule has 1 nitrogen and oxygen atoms in total. The van der Waals surface area contributed by atoms with E-state index in [1.807, 2.05) is 0 Å². The molecule has 0 bridgehead atoms. The van der Waals surface area contributed by atoms with Crippen LogP contribution in [0.4, 0.5) is 4.39 Å². The fourth-order valence-electron chi connectivity index (χ4n) is 1.26. The van der Waals surface area contributed by atoms with Gasteiger partial charge in [0, 0.05) is 16.6 Å². The van der Waals surface area contributed by atoms with E-state index in [0.29, 0.717) is 17.0 Å². The van der Waals surface area contributed by atoms with Gasteiger partial charge < -0.3 is 5.73 Å². The van der Waals surface area contributed by atoms with Gasteiger partial charge in [0.1, 0.15) is 5.82 Å². The second kappa shape index (κ2) is 5.13. The third-order valence-corrected chi connectivity index (χ3v) is 2.28. The Labute approximate surface area is 88.4 Å². The number of nitrogens with two attached hydrogens (primary N) is 1. The molecule has 14 heavy (non-hydrogen) atoms. The van der Waals surface area contributed by atoms with Crippen molar-refractivity contribution in [2.45, 2.75) is 18.9 Å². The predicted molar refractivity (Wildman–Crippen MR) is 57.8 cm³/mol. The molecule has 0 aromatic heterocycles. The van der Waals surface area contributed by atoms with Gasteiger partial charge >= 0.3 is 0 Å². The van der Waals surface area contributed by atoms with Gasteiger partial charge in [-0.15, -0.1) is 6.58 Å². The maximum absolute atomic E-state index is 13.3. The van der Waals surface area contributed by atoms with Crippen molar-refractivity contribution < 1.29 is 4.39 Å². The van der Waals surface area contributed by atoms with Crippen LogP contribution < -0.4 is 5.73 Å². The topological polar surface area (TPSA) is 26.0 Å². The first-order valence-electron chi connectivity index (χ1n) is 4.46. The first-order valence-corrected chi connectivity index (χ1v) is 4.84. The maximum Gasteiger partial charge on any atom is 0.129 e. The Morgan fingerprint density at radius 1 is 1.57 bits per heavy atom. The monoisotopic (exact) mass is 213 g/mol. The average Bonchev–Trinajstić information content (AvgIpc) is 2.14. The molecule has 76 valence electrons. The van der Waals surface area contributed by atoms with E-state index in [2.05, 4.69) is 6.58 Å². The highest BCUT2D eigenvalue weighted by Gasteiger charge is 2.10. The van der Waals surface area contributed by atoms with Gasteiger partial charge in [0.05, 0.1) is 0 Å². The van der Waals surface area contributed by atoms with E-state index in [0.717, 1.165) is 6.42 Å². The summed E-state index contributed by atoms with van der Waals surface area (Å²) in [5.41, 5.74) is 6.31. The fraction of sp³-hybridized carbons (Fsp3) is 0.273. The Morgan fingerprint density at radius 3 is 2.86 bits per heavy atom. The summed E-state index contributed by atoms with van der Waals surface area (Å²) < 4.78 is 13.3. The molecule has 3 heteroatoms. The van der Waals surface area contributed by atoms with Crippen LogP contribution in [0.25, 0.3) is 0 Å². The van der Waals surface area contributed by atoms with Crippen LogP contribution in [0.3, 0.4) is 0 Å². The standard InChI is InChI=1S/C11H13ClFN/c1-2-3-4-11(14)9-6-5-8(12)7-10(9)13/h2,5-7,11H,1,3-4,14H2/t11-/m1/s1. The third-order valence-electron chi connectivity index (χ3n) is 2.04. The lowest BCUT2D eigenvalue weighted by Crippen LogP contribution is -2.11. The maximum atomic E-state index is 13.3. The van der Waals surface area contributed by atoms with Crippen LogP contribution in [0.5, 0.6) is 0 Å². The Morgan fingerprint density at radius 2 is 2.29 bits per heavy atom. The second-order valence-electron chi connectivity index (χ2n) is 3.14. The van der Waals surface area contributed by atoms with Crippen LogP contribution in [0, 0.1) is 5.82 Å². The highest BCUT2D eigenvalue weighted by Crippen LogP contribution is 2.22. The summed E-state index contributed by atoms with van der Waals surface area (Å²) in [6, 6.07) is 4.27. The summed E-state index contributed by atoms with van der Waals surface area (Å²) in [4.78, 5) is 0. The second-order valence-corrected chi connectivity index (χ2v) is 3.57. The molecule has 0 amide bonds. The van der Waals surface area contributed by atoms with Gasteiger partial charge in [-0.3, -0.25) is 0 Å². The Hall–Kier alpha value is -0.860. The number of benzene rings is 1. The normalized spacial score (nSPS) is 12.5. The lowest BCUT2D eigenvalue weighted by molar-refractivity contribution is 0.566. The van der Waals surface area contributed by atoms with E-state index in [1.54, 1.807) is 18.2 Å². The van der Waals surface area contributed by atoms with E-state index < -0.39 is 0 Å². The van der Waals surface area contributed by atoms with E-state index in [1.165, 1.54) is 6.07 Å². The van der Waals surface area contributed by atoms with Crippen molar-refractivity contribution in [3.63, 3.8) is 0 Å². The van der Waals surface area contributed by atoms with Crippen LogP contribution in [0.2, 0.25) is 5.02 Å². The van der Waals surface area contributed by atoms with Crippen molar-refractivity contribution in [1.82, 2.24) is 0 Å². The smallest absolute Gasteiger partial charge is 0.129 e. The van der Waals surface area contributed by atoms with E-state index in [-0.39, 0.29) is 11.9 Å². The largest absolute Gasteiger partial charge is 0.324 e. The summed E-state index contributed by atoms with van der Waals surface area (Å²) in [7, 11) is 0. The molecule has 1 atom stereocenters. The van der Waals surface area contributed by atoms with Gasteiger partial charge in [-0.1, -0.05) is 23.7 Å². The molecular weight excluding hydrogens is 201 g/mol. The highest BCUT2D eigenvalue weighted by molar-refractivity contribution is 6.30. The average molecular weight is 214 g/mol. The van der Waals surface area contributed by atoms with Crippen LogP contribution in [0.1, 0.15) is 24.4 Å². The molecule has 0 spiro atoms. The molecule has 0 aliphatic heterocycles. The molecule has 0 saturated heterocycles. The number of halogens is 2. The molecule has 0 radical (unpaired) electrons. The van der Waals surface area contributed by atoms with Gasteiger partial charge in [-0.2, -0.15) is 0 Å². The summed E-state index contributed by atoms with van der Waals surface area (Å²) in [6.07, 6.45) is 3.25. The number of allylic oxidation sites excluding steroid dienone is 1. The molecule has 0 aliphatic rings. The fourth-order valence-corrected chi connectivity index (χ4v) is 1.41. The quantitative estimate of drug-likeness (QED) is 0.762. The molecule has 0 fully saturated rings. The first kappa shape index (κ1) is 11.2. The SMILES string of the molecule is C=CCC[C@@H](N)c1ccc(Cl)cc1F. The molecule has 0 aliphatic carbocycles. The van der Waals surface area contributed by atoms with Crippen LogP contribution in [-0.2, 0) is 0 Å². The van der Waals surface area contributed by atoms with E-state index >= 15 is 0 Å². The molecule has 1 rings (SSSR count). The summed E-state index contributed by atoms with van der Waals surface area (Å²) in [5, 5.41) is 0.391. The van der Waals surface area contributed by atoms with Crippen molar-refractivity contribution in [2.24, 2.45) is 5.73 Å². The zero-order valence-corrected chi connectivity index (χ0v) is 8.60. The van der Waals surface area contributed by atoms with Crippen LogP contribution in [-0.4, -0.2) is 0 Å². The van der Waals surface area contributed by atoms with E-state index in [9.17, 15) is 4.39 Å². The van der Waals surface area contributed by atoms with Crippen molar-refractivity contribution in [2.75, 3.05) is 0 Å². The molecule has 1 aromatic rings. The summed E-state index contributed by atoms with van der Waals surface area (Å²) >= 11 is 5.63. The van der Waals surface area contributed by atoms with Gasteiger partial charge in [-0.05, 0) is 25.0 Å². The molecule has 2 N–H and O–H groups in total. The van der Waals surface area contributed by atoms with Crippen molar-refractivity contribution >= 4 is 11.6 Å². The molecular formula is C11H13ClFN. The van der Waals surface area contributed by atoms with Crippen molar-refractivity contribution in [1.29, 1.82) is 0 Å². The van der Waals surface area contributed by atoms with Gasteiger partial charge in [0.15, 0.2) is 0 Å². The molecule has 1 aromatic carbocycles. The number of rotatable bonds is 4. The minimum absolute atomic E-state index is 0.287. The van der Waals surface area contributed by atoms with Crippen molar-refractivity contribution in [3.8, 4) is 0 Å². The number of hydrogen-bond acceptors (Lipinski definition) is 1. The molecule has 0 saturated carbocycles. The van der Waals surface area contributed by atoms with Gasteiger partial charge in [-0.25, -0.2) is 4.39 Å². The Kier molecular flexibility index (Phi) is 4.11. The lowest BCUT2D eigenvalue weighted by atomic mass is 10.0. The molecule has 0 heterocycles. The lowest BCUT2D eigenvalue weighted by Gasteiger charge is -2.11. The zero-order chi connectivity index (χ0) is 10.6. The van der Waals surface area contributed by atoms with E-state index in [4.69, 9.17) is 17.3 Å². The number of hydrogen-bond donors (Lipinski definition) is 1. The van der Waals surface area contributed by atoms with Crippen molar-refractivity contribution in [3.05, 3.63) is 47.3 Å². The summed E-state index contributed by atoms with van der Waals surface area (Å²) in [6.45, 7) is 3.59. The predicted octanol–water partition coefficient (Wildman–Crippen LogP) is 3.45. The van der Waals surface area contributed by atoms with Gasteiger partial charge in [0.2, 0.25) is 0 Å². The highest BCUT2D eigenvalue weighted by atomic mass is 35.5. The minimum Gasteiger partial charge on any atom is -0.324 e. The minimum atomic E-state index is -0.339. The molecule has 0 unspecified atom stereocenters. The first-order chi connectivity index (χ1) is 6.65. The van der Waals surface area contributed by atoms with Crippen LogP contribution >= 0.6 is 11.6 Å². The Balaban J connectivity index is 2.78. The Bertz CT molecular complexity index is 325. The van der Waals surface area contributed by atoms with Crippen LogP contribution in [0.15, 0.2) is 30.9 Å². The zero-order valence-electron chi connectivity index (χ0n) is 7.84. The van der Waals surface area contributed by atoms with Gasteiger partial charge in [0.25, 0.3) is 0 Å². The summed E-state index contributed by atoms with van der Waals surface area (Å²) in [5.74, 6) is -0.339. The third kappa shape index (κ3) is 2.82.